The zero-order chi connectivity index (χ0) is 22.4. The van der Waals surface area contributed by atoms with Crippen LogP contribution in [0.1, 0.15) is 43.4 Å². The minimum absolute atomic E-state index is 0.0169. The van der Waals surface area contributed by atoms with Gasteiger partial charge in [0.2, 0.25) is 10.0 Å². The molecular formula is C23H28N2O5S. The number of nitriles is 1. The Morgan fingerprint density at radius 2 is 2.03 bits per heavy atom. The van der Waals surface area contributed by atoms with Gasteiger partial charge in [0, 0.05) is 13.2 Å². The molecule has 1 aliphatic heterocycles. The Bertz CT molecular complexity index is 1060. The molecule has 0 radical (unpaired) electrons. The lowest BCUT2D eigenvalue weighted by Gasteiger charge is -2.30. The summed E-state index contributed by atoms with van der Waals surface area (Å²) in [7, 11) is -3.46. The molecule has 0 aromatic heterocycles. The SMILES string of the molecule is CC(C)Oc1ccc(COc2ccc3c(c2)CCCN3S(=O)(=O)CCCO)cc1C#N. The first kappa shape index (κ1) is 22.9. The maximum Gasteiger partial charge on any atom is 0.235 e. The number of fused-ring (bicyclic) bond motifs is 1. The molecule has 0 aliphatic carbocycles. The van der Waals surface area contributed by atoms with Crippen LogP contribution in [0.2, 0.25) is 0 Å². The third kappa shape index (κ3) is 5.69. The molecule has 1 heterocycles. The Labute approximate surface area is 183 Å². The predicted octanol–water partition coefficient (Wildman–Crippen LogP) is 3.39. The Kier molecular flexibility index (Phi) is 7.42. The average Bonchev–Trinajstić information content (AvgIpc) is 2.76. The second kappa shape index (κ2) is 10.0. The van der Waals surface area contributed by atoms with Gasteiger partial charge in [0.05, 0.1) is 23.1 Å². The fraction of sp³-hybridized carbons (Fsp3) is 0.435. The lowest BCUT2D eigenvalue weighted by Crippen LogP contribution is -2.37. The van der Waals surface area contributed by atoms with Crippen molar-refractivity contribution in [2.75, 3.05) is 23.2 Å². The molecule has 1 aliphatic rings. The van der Waals surface area contributed by atoms with Crippen LogP contribution in [0, 0.1) is 11.3 Å². The maximum atomic E-state index is 12.6. The van der Waals surface area contributed by atoms with Gasteiger partial charge in [-0.25, -0.2) is 8.42 Å². The van der Waals surface area contributed by atoms with Gasteiger partial charge in [0.15, 0.2) is 0 Å². The quantitative estimate of drug-likeness (QED) is 0.636. The van der Waals surface area contributed by atoms with E-state index < -0.39 is 10.0 Å². The van der Waals surface area contributed by atoms with E-state index in [1.165, 1.54) is 4.31 Å². The number of aryl methyl sites for hydroxylation is 1. The third-order valence-electron chi connectivity index (χ3n) is 4.96. The van der Waals surface area contributed by atoms with Crippen molar-refractivity contribution in [3.63, 3.8) is 0 Å². The Hall–Kier alpha value is -2.76. The number of anilines is 1. The van der Waals surface area contributed by atoms with E-state index >= 15 is 0 Å². The van der Waals surface area contributed by atoms with Gasteiger partial charge in [-0.3, -0.25) is 4.31 Å². The van der Waals surface area contributed by atoms with Crippen LogP contribution in [-0.4, -0.2) is 38.5 Å². The summed E-state index contributed by atoms with van der Waals surface area (Å²) in [6, 6.07) is 13.0. The zero-order valence-corrected chi connectivity index (χ0v) is 18.7. The summed E-state index contributed by atoms with van der Waals surface area (Å²) in [5.41, 5.74) is 2.91. The van der Waals surface area contributed by atoms with Crippen molar-refractivity contribution in [3.8, 4) is 17.6 Å². The number of nitrogens with zero attached hydrogens (tertiary/aromatic N) is 2. The minimum Gasteiger partial charge on any atom is -0.490 e. The van der Waals surface area contributed by atoms with Crippen molar-refractivity contribution in [1.29, 1.82) is 5.26 Å². The molecule has 0 fully saturated rings. The molecule has 7 nitrogen and oxygen atoms in total. The molecule has 0 atom stereocenters. The van der Waals surface area contributed by atoms with E-state index in [-0.39, 0.29) is 31.5 Å². The van der Waals surface area contributed by atoms with Gasteiger partial charge in [0.25, 0.3) is 0 Å². The smallest absolute Gasteiger partial charge is 0.235 e. The van der Waals surface area contributed by atoms with Crippen molar-refractivity contribution in [2.45, 2.75) is 45.8 Å². The normalized spacial score (nSPS) is 13.6. The number of sulfonamides is 1. The van der Waals surface area contributed by atoms with Gasteiger partial charge in [-0.2, -0.15) is 5.26 Å². The van der Waals surface area contributed by atoms with Crippen LogP contribution >= 0.6 is 0 Å². The molecule has 2 aromatic carbocycles. The van der Waals surface area contributed by atoms with Crippen LogP contribution < -0.4 is 13.8 Å². The van der Waals surface area contributed by atoms with Crippen molar-refractivity contribution in [3.05, 3.63) is 53.1 Å². The number of rotatable bonds is 9. The van der Waals surface area contributed by atoms with Crippen molar-refractivity contribution in [1.82, 2.24) is 0 Å². The van der Waals surface area contributed by atoms with Crippen LogP contribution in [0.25, 0.3) is 0 Å². The van der Waals surface area contributed by atoms with Crippen molar-refractivity contribution in [2.24, 2.45) is 0 Å². The fourth-order valence-electron chi connectivity index (χ4n) is 3.55. The van der Waals surface area contributed by atoms with E-state index in [1.54, 1.807) is 24.3 Å². The summed E-state index contributed by atoms with van der Waals surface area (Å²) in [4.78, 5) is 0. The number of aliphatic hydroxyl groups is 1. The number of ether oxygens (including phenoxy) is 2. The number of aliphatic hydroxyl groups excluding tert-OH is 1. The van der Waals surface area contributed by atoms with Gasteiger partial charge in [-0.1, -0.05) is 6.07 Å². The van der Waals surface area contributed by atoms with E-state index in [1.807, 2.05) is 26.0 Å². The Morgan fingerprint density at radius 3 is 2.74 bits per heavy atom. The highest BCUT2D eigenvalue weighted by Gasteiger charge is 2.27. The summed E-state index contributed by atoms with van der Waals surface area (Å²) in [5, 5.41) is 18.4. The highest BCUT2D eigenvalue weighted by Crippen LogP contribution is 2.33. The van der Waals surface area contributed by atoms with Gasteiger partial charge in [-0.15, -0.1) is 0 Å². The summed E-state index contributed by atoms with van der Waals surface area (Å²) < 4.78 is 38.2. The molecule has 0 spiro atoms. The summed E-state index contributed by atoms with van der Waals surface area (Å²) in [6.07, 6.45) is 1.72. The standard InChI is InChI=1S/C23H28N2O5S/c1-17(2)30-23-9-6-18(13-20(23)15-24)16-29-21-7-8-22-19(14-21)5-3-10-25(22)31(27,28)12-4-11-26/h6-9,13-14,17,26H,3-5,10-12,16H2,1-2H3. The van der Waals surface area contributed by atoms with Crippen molar-refractivity contribution < 1.29 is 23.0 Å². The molecule has 166 valence electrons. The molecule has 0 saturated carbocycles. The van der Waals surface area contributed by atoms with Crippen LogP contribution in [0.5, 0.6) is 11.5 Å². The molecule has 3 rings (SSSR count). The monoisotopic (exact) mass is 444 g/mol. The van der Waals surface area contributed by atoms with E-state index in [2.05, 4.69) is 6.07 Å². The second-order valence-electron chi connectivity index (χ2n) is 7.76. The van der Waals surface area contributed by atoms with E-state index in [9.17, 15) is 13.7 Å². The topological polar surface area (TPSA) is 99.9 Å². The predicted molar refractivity (Wildman–Crippen MR) is 119 cm³/mol. The van der Waals surface area contributed by atoms with Gasteiger partial charge >= 0.3 is 0 Å². The summed E-state index contributed by atoms with van der Waals surface area (Å²) in [6.45, 7) is 4.40. The molecule has 8 heteroatoms. The van der Waals surface area contributed by atoms with Gasteiger partial charge in [0.1, 0.15) is 24.2 Å². The molecule has 0 unspecified atom stereocenters. The minimum atomic E-state index is -3.46. The first-order valence-electron chi connectivity index (χ1n) is 10.4. The maximum absolute atomic E-state index is 12.6. The largest absolute Gasteiger partial charge is 0.490 e. The second-order valence-corrected chi connectivity index (χ2v) is 9.77. The fourth-order valence-corrected chi connectivity index (χ4v) is 5.15. The van der Waals surface area contributed by atoms with Crippen LogP contribution in [0.4, 0.5) is 5.69 Å². The molecule has 0 saturated heterocycles. The number of hydrogen-bond acceptors (Lipinski definition) is 6. The molecule has 0 amide bonds. The molecule has 2 aromatic rings. The lowest BCUT2D eigenvalue weighted by molar-refractivity contribution is 0.241. The first-order valence-corrected chi connectivity index (χ1v) is 12.0. The highest BCUT2D eigenvalue weighted by molar-refractivity contribution is 7.92. The molecule has 1 N–H and O–H groups in total. The van der Waals surface area contributed by atoms with Crippen LogP contribution in [0.15, 0.2) is 36.4 Å². The van der Waals surface area contributed by atoms with E-state index in [4.69, 9.17) is 14.6 Å². The van der Waals surface area contributed by atoms with Gasteiger partial charge in [-0.05, 0) is 74.6 Å². The van der Waals surface area contributed by atoms with E-state index in [0.29, 0.717) is 29.3 Å². The lowest BCUT2D eigenvalue weighted by atomic mass is 10.0. The van der Waals surface area contributed by atoms with E-state index in [0.717, 1.165) is 24.0 Å². The summed E-state index contributed by atoms with van der Waals surface area (Å²) in [5.74, 6) is 1.13. The zero-order valence-electron chi connectivity index (χ0n) is 17.9. The average molecular weight is 445 g/mol. The Balaban J connectivity index is 1.73. The number of hydrogen-bond donors (Lipinski definition) is 1. The third-order valence-corrected chi connectivity index (χ3v) is 6.81. The van der Waals surface area contributed by atoms with Gasteiger partial charge < -0.3 is 14.6 Å². The van der Waals surface area contributed by atoms with Crippen LogP contribution in [-0.2, 0) is 23.1 Å². The first-order chi connectivity index (χ1) is 14.8. The molecular weight excluding hydrogens is 416 g/mol. The van der Waals surface area contributed by atoms with Crippen molar-refractivity contribution >= 4 is 15.7 Å². The number of benzene rings is 2. The molecule has 0 bridgehead atoms. The summed E-state index contributed by atoms with van der Waals surface area (Å²) >= 11 is 0. The van der Waals surface area contributed by atoms with Crippen LogP contribution in [0.3, 0.4) is 0 Å². The Morgan fingerprint density at radius 1 is 1.23 bits per heavy atom. The molecule has 31 heavy (non-hydrogen) atoms. The highest BCUT2D eigenvalue weighted by atomic mass is 32.2.